The number of anilines is 2. The number of carboxylic acid groups (broad SMARTS) is 1. The third kappa shape index (κ3) is 4.71. The molecule has 0 radical (unpaired) electrons. The molecule has 168 valence electrons. The molecule has 0 amide bonds. The van der Waals surface area contributed by atoms with E-state index in [0.717, 1.165) is 26.8 Å². The van der Waals surface area contributed by atoms with E-state index >= 15 is 0 Å². The monoisotopic (exact) mass is 484 g/mol. The SMILES string of the molecule is COc1cc(-c2ccc(C(=O)O)cc2)ccc1N(c1cnc(-c2ccc(F)cc2)s1)[SH](=O)=O. The third-order valence-corrected chi connectivity index (χ3v) is 6.75. The summed E-state index contributed by atoms with van der Waals surface area (Å²) in [5.41, 5.74) is 2.61. The molecule has 0 spiro atoms. The van der Waals surface area contributed by atoms with Gasteiger partial charge in [-0.05, 0) is 59.7 Å². The normalized spacial score (nSPS) is 10.9. The molecule has 0 atom stereocenters. The van der Waals surface area contributed by atoms with Crippen molar-refractivity contribution in [2.24, 2.45) is 0 Å². The smallest absolute Gasteiger partial charge is 0.335 e. The first-order chi connectivity index (χ1) is 15.9. The van der Waals surface area contributed by atoms with E-state index in [4.69, 9.17) is 9.84 Å². The lowest BCUT2D eigenvalue weighted by Crippen LogP contribution is -2.14. The van der Waals surface area contributed by atoms with Gasteiger partial charge < -0.3 is 9.84 Å². The Hall–Kier alpha value is -3.76. The zero-order valence-electron chi connectivity index (χ0n) is 17.1. The fraction of sp³-hybridized carbons (Fsp3) is 0.0435. The predicted octanol–water partition coefficient (Wildman–Crippen LogP) is 4.99. The first-order valence-corrected chi connectivity index (χ1v) is 11.5. The predicted molar refractivity (Wildman–Crippen MR) is 125 cm³/mol. The van der Waals surface area contributed by atoms with E-state index in [1.807, 2.05) is 0 Å². The number of benzene rings is 3. The molecule has 0 unspecified atom stereocenters. The van der Waals surface area contributed by atoms with Crippen LogP contribution in [-0.4, -0.2) is 31.6 Å². The maximum Gasteiger partial charge on any atom is 0.335 e. The second-order valence-electron chi connectivity index (χ2n) is 6.83. The summed E-state index contributed by atoms with van der Waals surface area (Å²) < 4.78 is 44.2. The van der Waals surface area contributed by atoms with Crippen LogP contribution >= 0.6 is 11.3 Å². The lowest BCUT2D eigenvalue weighted by Gasteiger charge is -2.19. The van der Waals surface area contributed by atoms with Crippen LogP contribution in [0.2, 0.25) is 0 Å². The van der Waals surface area contributed by atoms with Crippen LogP contribution in [0, 0.1) is 5.82 Å². The maximum atomic E-state index is 13.2. The van der Waals surface area contributed by atoms with Gasteiger partial charge in [-0.3, -0.25) is 0 Å². The van der Waals surface area contributed by atoms with Crippen LogP contribution < -0.4 is 9.04 Å². The van der Waals surface area contributed by atoms with Gasteiger partial charge in [-0.2, -0.15) is 0 Å². The summed E-state index contributed by atoms with van der Waals surface area (Å²) in [4.78, 5) is 15.4. The molecule has 0 aliphatic carbocycles. The minimum Gasteiger partial charge on any atom is -0.495 e. The van der Waals surface area contributed by atoms with E-state index < -0.39 is 16.9 Å². The van der Waals surface area contributed by atoms with Gasteiger partial charge in [0.2, 0.25) is 10.9 Å². The highest BCUT2D eigenvalue weighted by molar-refractivity contribution is 7.74. The van der Waals surface area contributed by atoms with Gasteiger partial charge in [0.25, 0.3) is 0 Å². The van der Waals surface area contributed by atoms with Gasteiger partial charge in [0.15, 0.2) is 0 Å². The molecular formula is C23H17FN2O5S2. The highest BCUT2D eigenvalue weighted by atomic mass is 32.2. The molecule has 7 nitrogen and oxygen atoms in total. The highest BCUT2D eigenvalue weighted by Crippen LogP contribution is 2.40. The van der Waals surface area contributed by atoms with Gasteiger partial charge in [0, 0.05) is 5.56 Å². The molecule has 0 saturated carbocycles. The van der Waals surface area contributed by atoms with Gasteiger partial charge in [-0.1, -0.05) is 29.5 Å². The Bertz CT molecular complexity index is 1370. The number of thiazole rings is 1. The van der Waals surface area contributed by atoms with Crippen LogP contribution in [0.15, 0.2) is 72.9 Å². The Morgan fingerprint density at radius 3 is 2.24 bits per heavy atom. The Kier molecular flexibility index (Phi) is 6.38. The van der Waals surface area contributed by atoms with E-state index in [2.05, 4.69) is 4.98 Å². The van der Waals surface area contributed by atoms with Crippen molar-refractivity contribution in [1.82, 2.24) is 4.98 Å². The summed E-state index contributed by atoms with van der Waals surface area (Å²) in [6.07, 6.45) is 1.44. The number of rotatable bonds is 7. The molecule has 0 aliphatic rings. The first kappa shape index (κ1) is 22.4. The number of aromatic nitrogens is 1. The zero-order valence-corrected chi connectivity index (χ0v) is 18.8. The number of ether oxygens (including phenoxy) is 1. The van der Waals surface area contributed by atoms with Crippen LogP contribution in [0.1, 0.15) is 10.4 Å². The summed E-state index contributed by atoms with van der Waals surface area (Å²) >= 11 is 1.14. The number of halogens is 1. The average molecular weight is 485 g/mol. The number of hydrogen-bond acceptors (Lipinski definition) is 6. The fourth-order valence-corrected chi connectivity index (χ4v) is 4.94. The zero-order chi connectivity index (χ0) is 23.5. The largest absolute Gasteiger partial charge is 0.495 e. The molecule has 1 N–H and O–H groups in total. The maximum absolute atomic E-state index is 13.2. The highest BCUT2D eigenvalue weighted by Gasteiger charge is 2.20. The van der Waals surface area contributed by atoms with Crippen LogP contribution in [0.5, 0.6) is 5.75 Å². The van der Waals surface area contributed by atoms with Crippen molar-refractivity contribution < 1.29 is 27.4 Å². The van der Waals surface area contributed by atoms with Crippen molar-refractivity contribution >= 4 is 38.9 Å². The number of nitrogens with zero attached hydrogens (tertiary/aromatic N) is 2. The molecule has 0 saturated heterocycles. The van der Waals surface area contributed by atoms with Crippen LogP contribution in [0.25, 0.3) is 21.7 Å². The topological polar surface area (TPSA) is 96.8 Å². The lowest BCUT2D eigenvalue weighted by atomic mass is 10.0. The van der Waals surface area contributed by atoms with Gasteiger partial charge in [-0.15, -0.1) is 0 Å². The number of methoxy groups -OCH3 is 1. The Balaban J connectivity index is 1.71. The standard InChI is InChI=1S/C23H17FN2O5S2/c1-31-20-12-17(14-2-4-16(5-3-14)23(27)28)8-11-19(20)26(33(29)30)21-13-25-22(32-21)15-6-9-18(24)10-7-15/h2-13,33H,1H3,(H,27,28). The number of carbonyl (C=O) groups is 1. The number of thiol groups is 1. The number of hydrogen-bond donors (Lipinski definition) is 2. The van der Waals surface area contributed by atoms with Crippen molar-refractivity contribution in [1.29, 1.82) is 0 Å². The van der Waals surface area contributed by atoms with Crippen molar-refractivity contribution in [3.05, 3.63) is 84.3 Å². The van der Waals surface area contributed by atoms with Gasteiger partial charge >= 0.3 is 5.97 Å². The molecule has 33 heavy (non-hydrogen) atoms. The first-order valence-electron chi connectivity index (χ1n) is 9.55. The van der Waals surface area contributed by atoms with E-state index in [1.54, 1.807) is 42.5 Å². The molecule has 1 heterocycles. The fourth-order valence-electron chi connectivity index (χ4n) is 3.21. The second kappa shape index (κ2) is 9.39. The second-order valence-corrected chi connectivity index (χ2v) is 8.71. The summed E-state index contributed by atoms with van der Waals surface area (Å²) in [7, 11) is -1.64. The molecule has 3 aromatic carbocycles. The molecule has 4 aromatic rings. The molecule has 1 aromatic heterocycles. The minimum atomic E-state index is -3.08. The number of carboxylic acids is 1. The molecular weight excluding hydrogens is 467 g/mol. The van der Waals surface area contributed by atoms with E-state index in [9.17, 15) is 17.6 Å². The molecule has 10 heteroatoms. The van der Waals surface area contributed by atoms with Crippen LogP contribution in [0.4, 0.5) is 15.1 Å². The number of aromatic carboxylic acids is 1. The van der Waals surface area contributed by atoms with E-state index in [-0.39, 0.29) is 11.4 Å². The van der Waals surface area contributed by atoms with Crippen molar-refractivity contribution in [3.63, 3.8) is 0 Å². The van der Waals surface area contributed by atoms with Crippen LogP contribution in [0.3, 0.4) is 0 Å². The van der Waals surface area contributed by atoms with Crippen molar-refractivity contribution in [2.75, 3.05) is 11.4 Å². The molecule has 0 bridgehead atoms. The lowest BCUT2D eigenvalue weighted by molar-refractivity contribution is 0.0697. The summed E-state index contributed by atoms with van der Waals surface area (Å²) in [6.45, 7) is 0. The summed E-state index contributed by atoms with van der Waals surface area (Å²) in [6, 6.07) is 17.1. The molecule has 0 fully saturated rings. The summed E-state index contributed by atoms with van der Waals surface area (Å²) in [5, 5.41) is 9.96. The third-order valence-electron chi connectivity index (χ3n) is 4.83. The Morgan fingerprint density at radius 2 is 1.64 bits per heavy atom. The summed E-state index contributed by atoms with van der Waals surface area (Å²) in [5.74, 6) is -1.08. The van der Waals surface area contributed by atoms with Crippen LogP contribution in [-0.2, 0) is 10.9 Å². The van der Waals surface area contributed by atoms with E-state index in [1.165, 1.54) is 37.6 Å². The van der Waals surface area contributed by atoms with Crippen molar-refractivity contribution in [3.8, 4) is 27.4 Å². The van der Waals surface area contributed by atoms with Crippen molar-refractivity contribution in [2.45, 2.75) is 0 Å². The quantitative estimate of drug-likeness (QED) is 0.359. The Labute approximate surface area is 194 Å². The van der Waals surface area contributed by atoms with Gasteiger partial charge in [0.1, 0.15) is 21.6 Å². The van der Waals surface area contributed by atoms with E-state index in [0.29, 0.717) is 27.0 Å². The molecule has 0 aliphatic heterocycles. The van der Waals surface area contributed by atoms with Gasteiger partial charge in [-0.25, -0.2) is 26.9 Å². The van der Waals surface area contributed by atoms with Gasteiger partial charge in [0.05, 0.1) is 24.6 Å². The molecule has 4 rings (SSSR count). The average Bonchev–Trinajstić information content (AvgIpc) is 3.29. The minimum absolute atomic E-state index is 0.166. The Morgan fingerprint density at radius 1 is 1.00 bits per heavy atom.